The van der Waals surface area contributed by atoms with Crippen molar-refractivity contribution in [1.82, 2.24) is 10.2 Å². The van der Waals surface area contributed by atoms with E-state index in [1.165, 1.54) is 19.3 Å². The summed E-state index contributed by atoms with van der Waals surface area (Å²) in [6, 6.07) is 0. The summed E-state index contributed by atoms with van der Waals surface area (Å²) in [6.07, 6.45) is 9.47. The summed E-state index contributed by atoms with van der Waals surface area (Å²) in [5.41, 5.74) is 0. The number of ether oxygens (including phenoxy) is 1. The molecule has 0 radical (unpaired) electrons. The Hall–Kier alpha value is -1.33. The standard InChI is InChI=1S/C16H27BN2O3/c1-2-3-4-5-6-11-21-15(20)13-9-7-12(8-10-13)14-18-19-16(17)22-14/h12-13H,2-11,17H2,1H3. The number of esters is 1. The van der Waals surface area contributed by atoms with Gasteiger partial charge in [0.1, 0.15) is 0 Å². The van der Waals surface area contributed by atoms with Gasteiger partial charge in [-0.25, -0.2) is 0 Å². The van der Waals surface area contributed by atoms with E-state index in [0.29, 0.717) is 18.3 Å². The molecule has 22 heavy (non-hydrogen) atoms. The van der Waals surface area contributed by atoms with Gasteiger partial charge >= 0.3 is 5.97 Å². The van der Waals surface area contributed by atoms with Gasteiger partial charge in [0, 0.05) is 5.92 Å². The van der Waals surface area contributed by atoms with E-state index >= 15 is 0 Å². The minimum Gasteiger partial charge on any atom is -0.465 e. The summed E-state index contributed by atoms with van der Waals surface area (Å²) in [5, 5.41) is 7.97. The lowest BCUT2D eigenvalue weighted by atomic mass is 9.82. The molecule has 0 aliphatic heterocycles. The number of hydrogen-bond donors (Lipinski definition) is 0. The molecule has 5 nitrogen and oxygen atoms in total. The van der Waals surface area contributed by atoms with Gasteiger partial charge in [-0.2, -0.15) is 0 Å². The molecule has 1 heterocycles. The lowest BCUT2D eigenvalue weighted by Crippen LogP contribution is -2.23. The number of carbonyl (C=O) groups is 1. The first-order valence-electron chi connectivity index (χ1n) is 8.67. The van der Waals surface area contributed by atoms with Crippen LogP contribution in [-0.4, -0.2) is 30.6 Å². The lowest BCUT2D eigenvalue weighted by Gasteiger charge is -2.25. The zero-order valence-corrected chi connectivity index (χ0v) is 13.8. The van der Waals surface area contributed by atoms with Crippen LogP contribution in [0.2, 0.25) is 0 Å². The molecule has 0 saturated heterocycles. The lowest BCUT2D eigenvalue weighted by molar-refractivity contribution is -0.149. The third-order valence-electron chi connectivity index (χ3n) is 4.44. The first-order chi connectivity index (χ1) is 10.7. The molecule has 0 N–H and O–H groups in total. The number of unbranched alkanes of at least 4 members (excludes halogenated alkanes) is 4. The molecule has 0 bridgehead atoms. The van der Waals surface area contributed by atoms with Crippen LogP contribution >= 0.6 is 0 Å². The fraction of sp³-hybridized carbons (Fsp3) is 0.812. The minimum atomic E-state index is -0.0179. The average Bonchev–Trinajstić information content (AvgIpc) is 2.97. The van der Waals surface area contributed by atoms with Gasteiger partial charge < -0.3 is 9.15 Å². The van der Waals surface area contributed by atoms with Crippen molar-refractivity contribution < 1.29 is 13.9 Å². The molecule has 1 aliphatic rings. The highest BCUT2D eigenvalue weighted by Gasteiger charge is 2.30. The number of nitrogens with zero attached hydrogens (tertiary/aromatic N) is 2. The van der Waals surface area contributed by atoms with Crippen molar-refractivity contribution in [3.63, 3.8) is 0 Å². The molecule has 1 fully saturated rings. The second-order valence-electron chi connectivity index (χ2n) is 6.29. The van der Waals surface area contributed by atoms with Crippen LogP contribution in [0.4, 0.5) is 0 Å². The Bertz CT molecular complexity index is 456. The quantitative estimate of drug-likeness (QED) is 0.418. The predicted molar refractivity (Wildman–Crippen MR) is 86.9 cm³/mol. The van der Waals surface area contributed by atoms with Gasteiger partial charge in [0.25, 0.3) is 0 Å². The second-order valence-corrected chi connectivity index (χ2v) is 6.29. The molecule has 0 atom stereocenters. The number of rotatable bonds is 8. The van der Waals surface area contributed by atoms with E-state index in [9.17, 15) is 4.79 Å². The van der Waals surface area contributed by atoms with Gasteiger partial charge in [-0.05, 0) is 32.1 Å². The third kappa shape index (κ3) is 5.14. The SMILES string of the molecule is Bc1nnc(C2CCC(C(=O)OCCCCCCC)CC2)o1. The fourth-order valence-corrected chi connectivity index (χ4v) is 3.05. The number of aromatic nitrogens is 2. The van der Waals surface area contributed by atoms with Crippen LogP contribution in [0.15, 0.2) is 4.42 Å². The van der Waals surface area contributed by atoms with Crippen molar-refractivity contribution in [2.24, 2.45) is 5.92 Å². The molecule has 0 spiro atoms. The van der Waals surface area contributed by atoms with E-state index in [1.54, 1.807) is 7.85 Å². The normalized spacial score (nSPS) is 21.7. The van der Waals surface area contributed by atoms with Crippen LogP contribution in [0.3, 0.4) is 0 Å². The number of hydrogen-bond acceptors (Lipinski definition) is 5. The van der Waals surface area contributed by atoms with Gasteiger partial charge in [-0.3, -0.25) is 4.79 Å². The fourth-order valence-electron chi connectivity index (χ4n) is 3.05. The summed E-state index contributed by atoms with van der Waals surface area (Å²) in [5.74, 6) is 1.67. The van der Waals surface area contributed by atoms with Gasteiger partial charge in [0.15, 0.2) is 5.79 Å². The Labute approximate surface area is 133 Å². The molecule has 122 valence electrons. The largest absolute Gasteiger partial charge is 0.465 e. The molecule has 1 aromatic rings. The maximum atomic E-state index is 12.1. The predicted octanol–water partition coefficient (Wildman–Crippen LogP) is 2.12. The molecule has 0 aromatic carbocycles. The van der Waals surface area contributed by atoms with Gasteiger partial charge in [0.2, 0.25) is 13.7 Å². The minimum absolute atomic E-state index is 0.0179. The maximum Gasteiger partial charge on any atom is 0.308 e. The smallest absolute Gasteiger partial charge is 0.308 e. The first kappa shape index (κ1) is 17.0. The van der Waals surface area contributed by atoms with Crippen molar-refractivity contribution in [3.8, 4) is 0 Å². The Morgan fingerprint density at radius 2 is 1.91 bits per heavy atom. The van der Waals surface area contributed by atoms with Crippen LogP contribution in [0.25, 0.3) is 0 Å². The molecule has 0 amide bonds. The van der Waals surface area contributed by atoms with Gasteiger partial charge in [-0.1, -0.05) is 32.6 Å². The van der Waals surface area contributed by atoms with E-state index in [4.69, 9.17) is 9.15 Å². The topological polar surface area (TPSA) is 65.2 Å². The maximum absolute atomic E-state index is 12.1. The average molecular weight is 306 g/mol. The summed E-state index contributed by atoms with van der Waals surface area (Å²) in [4.78, 5) is 12.1. The highest BCUT2D eigenvalue weighted by atomic mass is 16.5. The molecule has 1 saturated carbocycles. The summed E-state index contributed by atoms with van der Waals surface area (Å²) >= 11 is 0. The summed E-state index contributed by atoms with van der Waals surface area (Å²) in [6.45, 7) is 2.78. The highest BCUT2D eigenvalue weighted by Crippen LogP contribution is 2.35. The van der Waals surface area contributed by atoms with Crippen LogP contribution in [-0.2, 0) is 9.53 Å². The number of carbonyl (C=O) groups excluding carboxylic acids is 1. The molecule has 1 aromatic heterocycles. The van der Waals surface area contributed by atoms with Gasteiger partial charge in [-0.15, -0.1) is 10.2 Å². The monoisotopic (exact) mass is 306 g/mol. The molecular formula is C16H27BN2O3. The Kier molecular flexibility index (Phi) is 6.94. The molecule has 6 heteroatoms. The van der Waals surface area contributed by atoms with Crippen LogP contribution in [0, 0.1) is 5.92 Å². The summed E-state index contributed by atoms with van der Waals surface area (Å²) < 4.78 is 10.9. The summed E-state index contributed by atoms with van der Waals surface area (Å²) in [7, 11) is 1.81. The van der Waals surface area contributed by atoms with Crippen molar-refractivity contribution in [2.75, 3.05) is 6.61 Å². The van der Waals surface area contributed by atoms with Crippen molar-refractivity contribution in [2.45, 2.75) is 70.6 Å². The van der Waals surface area contributed by atoms with Crippen LogP contribution in [0.5, 0.6) is 0 Å². The van der Waals surface area contributed by atoms with Crippen molar-refractivity contribution in [3.05, 3.63) is 5.89 Å². The molecule has 1 aliphatic carbocycles. The van der Waals surface area contributed by atoms with Crippen LogP contribution in [0.1, 0.15) is 76.5 Å². The van der Waals surface area contributed by atoms with E-state index < -0.39 is 0 Å². The Balaban J connectivity index is 1.62. The van der Waals surface area contributed by atoms with E-state index in [0.717, 1.165) is 44.4 Å². The molecule has 2 rings (SSSR count). The second kappa shape index (κ2) is 8.96. The highest BCUT2D eigenvalue weighted by molar-refractivity contribution is 6.27. The zero-order chi connectivity index (χ0) is 15.8. The van der Waals surface area contributed by atoms with E-state index in [2.05, 4.69) is 17.1 Å². The first-order valence-corrected chi connectivity index (χ1v) is 8.67. The third-order valence-corrected chi connectivity index (χ3v) is 4.44. The molecule has 0 unspecified atom stereocenters. The zero-order valence-electron chi connectivity index (χ0n) is 13.8. The Morgan fingerprint density at radius 3 is 2.55 bits per heavy atom. The van der Waals surface area contributed by atoms with Gasteiger partial charge in [0.05, 0.1) is 12.5 Å². The van der Waals surface area contributed by atoms with Crippen molar-refractivity contribution >= 4 is 19.6 Å². The van der Waals surface area contributed by atoms with E-state index in [-0.39, 0.29) is 11.9 Å². The Morgan fingerprint density at radius 1 is 1.18 bits per heavy atom. The van der Waals surface area contributed by atoms with E-state index in [1.807, 2.05) is 0 Å². The van der Waals surface area contributed by atoms with Crippen LogP contribution < -0.4 is 5.79 Å². The molecular weight excluding hydrogens is 279 g/mol. The van der Waals surface area contributed by atoms with Crippen molar-refractivity contribution in [1.29, 1.82) is 0 Å².